The van der Waals surface area contributed by atoms with Gasteiger partial charge in [0, 0.05) is 18.8 Å². The van der Waals surface area contributed by atoms with Crippen molar-refractivity contribution in [3.63, 3.8) is 0 Å². The number of aryl methyl sites for hydroxylation is 1. The third-order valence-corrected chi connectivity index (χ3v) is 10.2. The van der Waals surface area contributed by atoms with E-state index in [4.69, 9.17) is 4.74 Å². The fourth-order valence-corrected chi connectivity index (χ4v) is 6.98. The summed E-state index contributed by atoms with van der Waals surface area (Å²) in [5, 5.41) is 2.69. The van der Waals surface area contributed by atoms with Gasteiger partial charge in [0.05, 0.1) is 28.7 Å². The highest BCUT2D eigenvalue weighted by Gasteiger charge is 2.28. The van der Waals surface area contributed by atoms with Crippen molar-refractivity contribution in [3.05, 3.63) is 83.9 Å². The number of ether oxygens (including phenoxy) is 1. The first-order valence-corrected chi connectivity index (χ1v) is 15.5. The van der Waals surface area contributed by atoms with Crippen LogP contribution in [0.2, 0.25) is 0 Å². The minimum absolute atomic E-state index is 0.0755. The zero-order valence-electron chi connectivity index (χ0n) is 22.2. The second-order valence-electron chi connectivity index (χ2n) is 9.66. The zero-order chi connectivity index (χ0) is 28.2. The Morgan fingerprint density at radius 2 is 1.44 bits per heavy atom. The molecule has 1 saturated heterocycles. The number of hydrogen-bond acceptors (Lipinski definition) is 6. The van der Waals surface area contributed by atoms with E-state index in [-0.39, 0.29) is 28.8 Å². The Morgan fingerprint density at radius 1 is 0.872 bits per heavy atom. The third-order valence-electron chi connectivity index (χ3n) is 6.49. The standard InChI is InChI=1S/C28H33N3O6S2/c1-21(2)23-6-10-25(11-7-23)31(39(35,36)27-12-4-22(3)5-13-27)20-28(32)29-24-8-14-26(15-9-24)38(33,34)30-16-18-37-19-17-30/h4-15,21H,16-20H2,1-3H3,(H,29,32). The van der Waals surface area contributed by atoms with Gasteiger partial charge in [-0.1, -0.05) is 43.7 Å². The Labute approximate surface area is 230 Å². The molecule has 1 N–H and O–H groups in total. The molecular weight excluding hydrogens is 538 g/mol. The predicted molar refractivity (Wildman–Crippen MR) is 151 cm³/mol. The molecule has 0 spiro atoms. The normalized spacial score (nSPS) is 14.8. The third kappa shape index (κ3) is 6.67. The molecule has 0 saturated carbocycles. The molecule has 1 amide bonds. The summed E-state index contributed by atoms with van der Waals surface area (Å²) in [5.41, 5.74) is 2.67. The SMILES string of the molecule is Cc1ccc(S(=O)(=O)N(CC(=O)Nc2ccc(S(=O)(=O)N3CCOCC3)cc2)c2ccc(C(C)C)cc2)cc1. The lowest BCUT2D eigenvalue weighted by Gasteiger charge is -2.26. The molecule has 4 rings (SSSR count). The molecule has 1 aliphatic heterocycles. The Bertz CT molecular complexity index is 1500. The van der Waals surface area contributed by atoms with Crippen molar-refractivity contribution in [1.29, 1.82) is 0 Å². The molecule has 3 aromatic rings. The highest BCUT2D eigenvalue weighted by Crippen LogP contribution is 2.27. The average molecular weight is 572 g/mol. The summed E-state index contributed by atoms with van der Waals surface area (Å²) in [7, 11) is -7.72. The number of morpholine rings is 1. The maximum Gasteiger partial charge on any atom is 0.264 e. The lowest BCUT2D eigenvalue weighted by atomic mass is 10.0. The topological polar surface area (TPSA) is 113 Å². The smallest absolute Gasteiger partial charge is 0.264 e. The van der Waals surface area contributed by atoms with Crippen molar-refractivity contribution >= 4 is 37.3 Å². The number of hydrogen-bond donors (Lipinski definition) is 1. The largest absolute Gasteiger partial charge is 0.379 e. The summed E-state index contributed by atoms with van der Waals surface area (Å²) >= 11 is 0. The van der Waals surface area contributed by atoms with E-state index in [0.717, 1.165) is 15.4 Å². The van der Waals surface area contributed by atoms with Gasteiger partial charge in [-0.15, -0.1) is 0 Å². The van der Waals surface area contributed by atoms with Crippen molar-refractivity contribution in [2.45, 2.75) is 36.5 Å². The molecule has 0 radical (unpaired) electrons. The van der Waals surface area contributed by atoms with Gasteiger partial charge in [-0.3, -0.25) is 9.10 Å². The van der Waals surface area contributed by atoms with Gasteiger partial charge in [-0.2, -0.15) is 4.31 Å². The highest BCUT2D eigenvalue weighted by atomic mass is 32.2. The first kappa shape index (κ1) is 28.8. The first-order valence-electron chi connectivity index (χ1n) is 12.7. The predicted octanol–water partition coefficient (Wildman–Crippen LogP) is 3.97. The summed E-state index contributed by atoms with van der Waals surface area (Å²) in [6.07, 6.45) is 0. The second kappa shape index (κ2) is 11.9. The molecule has 1 aliphatic rings. The van der Waals surface area contributed by atoms with Crippen LogP contribution in [0.3, 0.4) is 0 Å². The monoisotopic (exact) mass is 571 g/mol. The van der Waals surface area contributed by atoms with Crippen molar-refractivity contribution in [1.82, 2.24) is 4.31 Å². The van der Waals surface area contributed by atoms with E-state index in [9.17, 15) is 21.6 Å². The van der Waals surface area contributed by atoms with Gasteiger partial charge in [0.15, 0.2) is 0 Å². The molecule has 0 atom stereocenters. The van der Waals surface area contributed by atoms with E-state index in [1.807, 2.05) is 32.9 Å². The summed E-state index contributed by atoms with van der Waals surface area (Å²) < 4.78 is 60.6. The molecule has 9 nitrogen and oxygen atoms in total. The number of nitrogens with zero attached hydrogens (tertiary/aromatic N) is 2. The number of rotatable bonds is 9. The molecule has 39 heavy (non-hydrogen) atoms. The van der Waals surface area contributed by atoms with Crippen molar-refractivity contribution in [2.75, 3.05) is 42.5 Å². The van der Waals surface area contributed by atoms with Crippen molar-refractivity contribution in [2.24, 2.45) is 0 Å². The molecule has 1 fully saturated rings. The maximum absolute atomic E-state index is 13.6. The number of benzene rings is 3. The summed E-state index contributed by atoms with van der Waals surface area (Å²) in [6.45, 7) is 6.73. The number of sulfonamides is 2. The van der Waals surface area contributed by atoms with E-state index in [1.165, 1.54) is 40.7 Å². The number of amides is 1. The number of anilines is 2. The maximum atomic E-state index is 13.6. The van der Waals surface area contributed by atoms with E-state index in [2.05, 4.69) is 5.32 Å². The molecule has 0 unspecified atom stereocenters. The molecule has 0 aromatic heterocycles. The second-order valence-corrected chi connectivity index (χ2v) is 13.5. The summed E-state index contributed by atoms with van der Waals surface area (Å²) in [5.74, 6) is -0.304. The zero-order valence-corrected chi connectivity index (χ0v) is 23.8. The minimum Gasteiger partial charge on any atom is -0.379 e. The first-order chi connectivity index (χ1) is 18.5. The van der Waals surface area contributed by atoms with E-state index >= 15 is 0 Å². The van der Waals surface area contributed by atoms with Gasteiger partial charge in [0.25, 0.3) is 10.0 Å². The molecule has 0 aliphatic carbocycles. The van der Waals surface area contributed by atoms with Crippen LogP contribution in [-0.4, -0.2) is 59.9 Å². The Hall–Kier alpha value is -3.25. The number of carbonyl (C=O) groups excluding carboxylic acids is 1. The quantitative estimate of drug-likeness (QED) is 0.416. The van der Waals surface area contributed by atoms with Gasteiger partial charge < -0.3 is 10.1 Å². The van der Waals surface area contributed by atoms with Crippen LogP contribution in [0.1, 0.15) is 30.9 Å². The number of nitrogens with one attached hydrogen (secondary N) is 1. The van der Waals surface area contributed by atoms with E-state index in [1.54, 1.807) is 24.3 Å². The van der Waals surface area contributed by atoms with Gasteiger partial charge in [0.1, 0.15) is 6.54 Å². The van der Waals surface area contributed by atoms with Crippen LogP contribution >= 0.6 is 0 Å². The van der Waals surface area contributed by atoms with Gasteiger partial charge in [0.2, 0.25) is 15.9 Å². The Balaban J connectivity index is 1.55. The number of carbonyl (C=O) groups is 1. The van der Waals surface area contributed by atoms with Crippen LogP contribution in [0.4, 0.5) is 11.4 Å². The van der Waals surface area contributed by atoms with Crippen LogP contribution in [-0.2, 0) is 29.6 Å². The fourth-order valence-electron chi connectivity index (χ4n) is 4.16. The van der Waals surface area contributed by atoms with Gasteiger partial charge in [-0.25, -0.2) is 16.8 Å². The van der Waals surface area contributed by atoms with Gasteiger partial charge in [-0.05, 0) is 66.9 Å². The molecule has 3 aromatic carbocycles. The lowest BCUT2D eigenvalue weighted by molar-refractivity contribution is -0.114. The van der Waals surface area contributed by atoms with Crippen LogP contribution in [0.5, 0.6) is 0 Å². The van der Waals surface area contributed by atoms with E-state index < -0.39 is 32.5 Å². The summed E-state index contributed by atoms with van der Waals surface area (Å²) in [6, 6.07) is 19.4. The van der Waals surface area contributed by atoms with Crippen molar-refractivity contribution < 1.29 is 26.4 Å². The molecular formula is C28H33N3O6S2. The lowest BCUT2D eigenvalue weighted by Crippen LogP contribution is -2.40. The Kier molecular flexibility index (Phi) is 8.75. The molecule has 208 valence electrons. The van der Waals surface area contributed by atoms with Crippen LogP contribution < -0.4 is 9.62 Å². The molecule has 1 heterocycles. The van der Waals surface area contributed by atoms with Crippen LogP contribution in [0.15, 0.2) is 82.6 Å². The fraction of sp³-hybridized carbons (Fsp3) is 0.321. The van der Waals surface area contributed by atoms with Crippen LogP contribution in [0, 0.1) is 6.92 Å². The minimum atomic E-state index is -4.05. The van der Waals surface area contributed by atoms with Crippen molar-refractivity contribution in [3.8, 4) is 0 Å². The molecule has 0 bridgehead atoms. The van der Waals surface area contributed by atoms with Gasteiger partial charge >= 0.3 is 0 Å². The van der Waals surface area contributed by atoms with Crippen LogP contribution in [0.25, 0.3) is 0 Å². The average Bonchev–Trinajstić information content (AvgIpc) is 2.93. The van der Waals surface area contributed by atoms with E-state index in [0.29, 0.717) is 24.6 Å². The Morgan fingerprint density at radius 3 is 2.00 bits per heavy atom. The highest BCUT2D eigenvalue weighted by molar-refractivity contribution is 7.92. The summed E-state index contributed by atoms with van der Waals surface area (Å²) in [4.78, 5) is 13.3. The molecule has 11 heteroatoms.